The lowest BCUT2D eigenvalue weighted by Gasteiger charge is -2.20. The van der Waals surface area contributed by atoms with Crippen molar-refractivity contribution in [3.05, 3.63) is 59.7 Å². The van der Waals surface area contributed by atoms with Crippen LogP contribution in [0.1, 0.15) is 42.6 Å². The molecular formula is C22H25N3O2. The molecule has 140 valence electrons. The maximum atomic E-state index is 12.6. The molecule has 0 aliphatic heterocycles. The van der Waals surface area contributed by atoms with Crippen molar-refractivity contribution in [3.8, 4) is 22.9 Å². The van der Waals surface area contributed by atoms with Crippen LogP contribution in [0.3, 0.4) is 0 Å². The summed E-state index contributed by atoms with van der Waals surface area (Å²) < 4.78 is 5.84. The standard InChI is InChI=1S/C22H25N3O2/c1-4-6-15-25(5-2)22(26)18-13-11-17(12-14-18)20-23-24-21(27-20)19-10-8-7-9-16(19)3/h7-14H,4-6,15H2,1-3H3. The van der Waals surface area contributed by atoms with E-state index in [9.17, 15) is 4.79 Å². The number of benzene rings is 2. The first-order valence-corrected chi connectivity index (χ1v) is 9.43. The van der Waals surface area contributed by atoms with Gasteiger partial charge in [0.1, 0.15) is 0 Å². The Morgan fingerprint density at radius 2 is 1.70 bits per heavy atom. The highest BCUT2D eigenvalue weighted by Crippen LogP contribution is 2.26. The second-order valence-corrected chi connectivity index (χ2v) is 6.54. The molecule has 0 unspecified atom stereocenters. The van der Waals surface area contributed by atoms with Gasteiger partial charge < -0.3 is 9.32 Å². The van der Waals surface area contributed by atoms with Gasteiger partial charge in [0.2, 0.25) is 11.8 Å². The molecule has 5 heteroatoms. The van der Waals surface area contributed by atoms with E-state index in [1.807, 2.05) is 67.3 Å². The molecule has 27 heavy (non-hydrogen) atoms. The van der Waals surface area contributed by atoms with Crippen LogP contribution in [0, 0.1) is 6.92 Å². The molecule has 0 saturated heterocycles. The maximum absolute atomic E-state index is 12.6. The first kappa shape index (κ1) is 18.8. The Morgan fingerprint density at radius 3 is 2.37 bits per heavy atom. The lowest BCUT2D eigenvalue weighted by molar-refractivity contribution is 0.0762. The minimum Gasteiger partial charge on any atom is -0.416 e. The van der Waals surface area contributed by atoms with Gasteiger partial charge in [-0.2, -0.15) is 0 Å². The van der Waals surface area contributed by atoms with Crippen LogP contribution in [0.4, 0.5) is 0 Å². The molecule has 1 heterocycles. The predicted molar refractivity (Wildman–Crippen MR) is 106 cm³/mol. The summed E-state index contributed by atoms with van der Waals surface area (Å²) in [5, 5.41) is 8.32. The van der Waals surface area contributed by atoms with E-state index in [0.717, 1.165) is 36.1 Å². The molecule has 1 aromatic heterocycles. The molecule has 0 aliphatic rings. The van der Waals surface area contributed by atoms with Crippen molar-refractivity contribution in [2.24, 2.45) is 0 Å². The second kappa shape index (κ2) is 8.62. The Kier molecular flexibility index (Phi) is 6.01. The van der Waals surface area contributed by atoms with Crippen molar-refractivity contribution < 1.29 is 9.21 Å². The summed E-state index contributed by atoms with van der Waals surface area (Å²) in [4.78, 5) is 14.5. The summed E-state index contributed by atoms with van der Waals surface area (Å²) in [6.07, 6.45) is 2.09. The molecular weight excluding hydrogens is 338 g/mol. The van der Waals surface area contributed by atoms with Crippen molar-refractivity contribution in [2.45, 2.75) is 33.6 Å². The minimum atomic E-state index is 0.0589. The number of aryl methyl sites for hydroxylation is 1. The minimum absolute atomic E-state index is 0.0589. The summed E-state index contributed by atoms with van der Waals surface area (Å²) in [5.41, 5.74) is 3.49. The second-order valence-electron chi connectivity index (χ2n) is 6.54. The van der Waals surface area contributed by atoms with Crippen LogP contribution in [0.25, 0.3) is 22.9 Å². The highest BCUT2D eigenvalue weighted by molar-refractivity contribution is 5.94. The predicted octanol–water partition coefficient (Wildman–Crippen LogP) is 4.97. The van der Waals surface area contributed by atoms with Gasteiger partial charge in [-0.15, -0.1) is 10.2 Å². The molecule has 0 saturated carbocycles. The van der Waals surface area contributed by atoms with Crippen LogP contribution in [0.15, 0.2) is 52.9 Å². The van der Waals surface area contributed by atoms with Crippen LogP contribution < -0.4 is 0 Å². The average molecular weight is 363 g/mol. The van der Waals surface area contributed by atoms with E-state index < -0.39 is 0 Å². The fourth-order valence-electron chi connectivity index (χ4n) is 2.95. The van der Waals surface area contributed by atoms with E-state index in [0.29, 0.717) is 23.9 Å². The third-order valence-corrected chi connectivity index (χ3v) is 4.63. The number of rotatable bonds is 7. The molecule has 1 amide bonds. The molecule has 2 aromatic carbocycles. The third kappa shape index (κ3) is 4.25. The lowest BCUT2D eigenvalue weighted by atomic mass is 10.1. The number of aromatic nitrogens is 2. The van der Waals surface area contributed by atoms with Crippen LogP contribution in [-0.4, -0.2) is 34.1 Å². The number of carbonyl (C=O) groups excluding carboxylic acids is 1. The van der Waals surface area contributed by atoms with E-state index in [-0.39, 0.29) is 5.91 Å². The Balaban J connectivity index is 1.78. The van der Waals surface area contributed by atoms with Gasteiger partial charge in [0.25, 0.3) is 5.91 Å². The van der Waals surface area contributed by atoms with Gasteiger partial charge in [0.15, 0.2) is 0 Å². The van der Waals surface area contributed by atoms with Gasteiger partial charge in [0.05, 0.1) is 0 Å². The number of hydrogen-bond donors (Lipinski definition) is 0. The molecule has 0 atom stereocenters. The number of carbonyl (C=O) groups is 1. The van der Waals surface area contributed by atoms with Crippen molar-refractivity contribution >= 4 is 5.91 Å². The average Bonchev–Trinajstić information content (AvgIpc) is 3.19. The summed E-state index contributed by atoms with van der Waals surface area (Å²) in [6.45, 7) is 7.65. The lowest BCUT2D eigenvalue weighted by Crippen LogP contribution is -2.31. The van der Waals surface area contributed by atoms with Gasteiger partial charge in [-0.3, -0.25) is 4.79 Å². The quantitative estimate of drug-likeness (QED) is 0.594. The highest BCUT2D eigenvalue weighted by atomic mass is 16.4. The monoisotopic (exact) mass is 363 g/mol. The van der Waals surface area contributed by atoms with Crippen LogP contribution >= 0.6 is 0 Å². The van der Waals surface area contributed by atoms with E-state index in [4.69, 9.17) is 4.42 Å². The SMILES string of the molecule is CCCCN(CC)C(=O)c1ccc(-c2nnc(-c3ccccc3C)o2)cc1. The maximum Gasteiger partial charge on any atom is 0.253 e. The normalized spacial score (nSPS) is 10.8. The van der Waals surface area contributed by atoms with Gasteiger partial charge in [-0.05, 0) is 56.2 Å². The first-order valence-electron chi connectivity index (χ1n) is 9.43. The molecule has 0 radical (unpaired) electrons. The topological polar surface area (TPSA) is 59.2 Å². The summed E-state index contributed by atoms with van der Waals surface area (Å²) in [5.74, 6) is 1.01. The third-order valence-electron chi connectivity index (χ3n) is 4.63. The zero-order valence-electron chi connectivity index (χ0n) is 16.1. The summed E-state index contributed by atoms with van der Waals surface area (Å²) in [6, 6.07) is 15.3. The van der Waals surface area contributed by atoms with Crippen LogP contribution in [0.2, 0.25) is 0 Å². The number of nitrogens with zero attached hydrogens (tertiary/aromatic N) is 3. The zero-order chi connectivity index (χ0) is 19.2. The van der Waals surface area contributed by atoms with Crippen LogP contribution in [-0.2, 0) is 0 Å². The molecule has 0 N–H and O–H groups in total. The molecule has 0 bridgehead atoms. The fraction of sp³-hybridized carbons (Fsp3) is 0.318. The number of amides is 1. The van der Waals surface area contributed by atoms with Crippen molar-refractivity contribution in [1.29, 1.82) is 0 Å². The van der Waals surface area contributed by atoms with Crippen molar-refractivity contribution in [3.63, 3.8) is 0 Å². The Morgan fingerprint density at radius 1 is 1.00 bits per heavy atom. The smallest absolute Gasteiger partial charge is 0.253 e. The number of hydrogen-bond acceptors (Lipinski definition) is 4. The first-order chi connectivity index (χ1) is 13.1. The molecule has 3 rings (SSSR count). The van der Waals surface area contributed by atoms with Gasteiger partial charge in [-0.25, -0.2) is 0 Å². The van der Waals surface area contributed by atoms with Gasteiger partial charge in [-0.1, -0.05) is 31.5 Å². The van der Waals surface area contributed by atoms with Crippen molar-refractivity contribution in [1.82, 2.24) is 15.1 Å². The summed E-state index contributed by atoms with van der Waals surface area (Å²) in [7, 11) is 0. The largest absolute Gasteiger partial charge is 0.416 e. The number of unbranched alkanes of at least 4 members (excludes halogenated alkanes) is 1. The molecule has 0 aliphatic carbocycles. The van der Waals surface area contributed by atoms with E-state index in [2.05, 4.69) is 17.1 Å². The van der Waals surface area contributed by atoms with E-state index >= 15 is 0 Å². The van der Waals surface area contributed by atoms with E-state index in [1.165, 1.54) is 0 Å². The highest BCUT2D eigenvalue weighted by Gasteiger charge is 2.15. The fourth-order valence-corrected chi connectivity index (χ4v) is 2.95. The Hall–Kier alpha value is -2.95. The van der Waals surface area contributed by atoms with Crippen LogP contribution in [0.5, 0.6) is 0 Å². The zero-order valence-corrected chi connectivity index (χ0v) is 16.1. The summed E-state index contributed by atoms with van der Waals surface area (Å²) >= 11 is 0. The molecule has 0 fully saturated rings. The molecule has 0 spiro atoms. The molecule has 3 aromatic rings. The van der Waals surface area contributed by atoms with Gasteiger partial charge in [0, 0.05) is 29.8 Å². The van der Waals surface area contributed by atoms with Crippen molar-refractivity contribution in [2.75, 3.05) is 13.1 Å². The van der Waals surface area contributed by atoms with E-state index in [1.54, 1.807) is 0 Å². The molecule has 5 nitrogen and oxygen atoms in total. The van der Waals surface area contributed by atoms with Gasteiger partial charge >= 0.3 is 0 Å². The Bertz CT molecular complexity index is 900. The Labute approximate surface area is 160 Å².